The summed E-state index contributed by atoms with van der Waals surface area (Å²) in [5.74, 6) is -0.873. The second kappa shape index (κ2) is 10.7. The fourth-order valence-corrected chi connectivity index (χ4v) is 4.50. The Balaban J connectivity index is 1.99. The number of nitrogens with zero attached hydrogens (tertiary/aromatic N) is 3. The van der Waals surface area contributed by atoms with Gasteiger partial charge in [0.05, 0.1) is 16.7 Å². The highest BCUT2D eigenvalue weighted by Crippen LogP contribution is 2.41. The largest absolute Gasteiger partial charge is 0.416 e. The number of likely N-dealkylation sites (tertiary alicyclic amines) is 1. The van der Waals surface area contributed by atoms with Gasteiger partial charge in [-0.2, -0.15) is 44.3 Å². The topological polar surface area (TPSA) is 56.7 Å². The highest BCUT2D eigenvalue weighted by Gasteiger charge is 2.39. The lowest BCUT2D eigenvalue weighted by molar-refractivity contribution is -0.142. The van der Waals surface area contributed by atoms with E-state index in [0.717, 1.165) is 24.3 Å². The molecule has 2 atom stereocenters. The average molecular weight is 537 g/mol. The molecule has 13 heteroatoms. The molecule has 1 aliphatic rings. The average Bonchev–Trinajstić information content (AvgIpc) is 2.78. The van der Waals surface area contributed by atoms with Crippen molar-refractivity contribution in [2.45, 2.75) is 50.4 Å². The Bertz CT molecular complexity index is 1160. The highest BCUT2D eigenvalue weighted by molar-refractivity contribution is 6.25. The first-order chi connectivity index (χ1) is 17.1. The number of Topliss-reactive ketones (excluding diaryl/α,β-unsaturated/α-hetero) is 1. The van der Waals surface area contributed by atoms with Crippen molar-refractivity contribution in [3.8, 4) is 0 Å². The van der Waals surface area contributed by atoms with E-state index in [9.17, 15) is 44.3 Å². The first-order valence-electron chi connectivity index (χ1n) is 11.0. The van der Waals surface area contributed by atoms with Gasteiger partial charge >= 0.3 is 24.7 Å². The Hall–Kier alpha value is -3.18. The van der Waals surface area contributed by atoms with Crippen molar-refractivity contribution in [2.75, 3.05) is 6.54 Å². The zero-order valence-electron chi connectivity index (χ0n) is 19.0. The number of halogens is 9. The Labute approximate surface area is 205 Å². The zero-order valence-corrected chi connectivity index (χ0v) is 19.0. The van der Waals surface area contributed by atoms with Crippen LogP contribution in [0.2, 0.25) is 0 Å². The van der Waals surface area contributed by atoms with Gasteiger partial charge in [-0.1, -0.05) is 12.1 Å². The Morgan fingerprint density at radius 1 is 0.919 bits per heavy atom. The summed E-state index contributed by atoms with van der Waals surface area (Å²) in [6.45, 7) is -0.489. The fraction of sp³-hybridized carbons (Fsp3) is 0.417. The van der Waals surface area contributed by atoms with Gasteiger partial charge in [0.1, 0.15) is 0 Å². The summed E-state index contributed by atoms with van der Waals surface area (Å²) in [5.41, 5.74) is 4.78. The predicted molar refractivity (Wildman–Crippen MR) is 113 cm³/mol. The van der Waals surface area contributed by atoms with Crippen LogP contribution < -0.4 is 0 Å². The van der Waals surface area contributed by atoms with Gasteiger partial charge in [-0.05, 0) is 66.8 Å². The van der Waals surface area contributed by atoms with Gasteiger partial charge in [0, 0.05) is 19.0 Å². The van der Waals surface area contributed by atoms with E-state index in [1.807, 2.05) is 0 Å². The molecular weight excluding hydrogens is 517 g/mol. The Morgan fingerprint density at radius 2 is 1.51 bits per heavy atom. The lowest BCUT2D eigenvalue weighted by Gasteiger charge is -2.40. The predicted octanol–water partition coefficient (Wildman–Crippen LogP) is 6.96. The third-order valence-corrected chi connectivity index (χ3v) is 6.25. The van der Waals surface area contributed by atoms with Gasteiger partial charge in [-0.25, -0.2) is 0 Å². The van der Waals surface area contributed by atoms with Crippen molar-refractivity contribution in [3.63, 3.8) is 0 Å². The number of piperidine rings is 1. The minimum absolute atomic E-state index is 0.0629. The van der Waals surface area contributed by atoms with Gasteiger partial charge in [-0.3, -0.25) is 9.69 Å². The number of benzene rings is 2. The Kier molecular flexibility index (Phi) is 8.18. The van der Waals surface area contributed by atoms with Crippen LogP contribution in [0.4, 0.5) is 39.5 Å². The third kappa shape index (κ3) is 7.20. The molecule has 0 aromatic heterocycles. The zero-order chi connectivity index (χ0) is 27.6. The van der Waals surface area contributed by atoms with Gasteiger partial charge in [0.2, 0.25) is 5.78 Å². The first kappa shape index (κ1) is 28.4. The third-order valence-electron chi connectivity index (χ3n) is 6.25. The molecule has 1 heterocycles. The van der Waals surface area contributed by atoms with E-state index in [-0.39, 0.29) is 31.7 Å². The molecule has 0 amide bonds. The first-order valence-corrected chi connectivity index (χ1v) is 11.0. The summed E-state index contributed by atoms with van der Waals surface area (Å²) in [7, 11) is 0. The Morgan fingerprint density at radius 3 is 2.05 bits per heavy atom. The minimum Gasteiger partial charge on any atom is -0.361 e. The molecule has 1 saturated heterocycles. The molecule has 1 fully saturated rings. The summed E-state index contributed by atoms with van der Waals surface area (Å²) in [6.07, 6.45) is -13.4. The van der Waals surface area contributed by atoms with Crippen LogP contribution in [-0.4, -0.2) is 28.2 Å². The lowest BCUT2D eigenvalue weighted by atomic mass is 9.83. The maximum atomic E-state index is 13.6. The van der Waals surface area contributed by atoms with Crippen LogP contribution in [0.5, 0.6) is 0 Å². The lowest BCUT2D eigenvalue weighted by Crippen LogP contribution is -2.37. The molecule has 2 aromatic carbocycles. The van der Waals surface area contributed by atoms with Crippen LogP contribution in [0.3, 0.4) is 0 Å². The molecule has 2 aromatic rings. The van der Waals surface area contributed by atoms with Gasteiger partial charge in [0.25, 0.3) is 0 Å². The molecule has 3 rings (SSSR count). The number of rotatable bonds is 6. The smallest absolute Gasteiger partial charge is 0.361 e. The van der Waals surface area contributed by atoms with E-state index < -0.39 is 59.2 Å². The van der Waals surface area contributed by atoms with Gasteiger partial charge < -0.3 is 5.53 Å². The van der Waals surface area contributed by atoms with Gasteiger partial charge in [0.15, 0.2) is 0 Å². The van der Waals surface area contributed by atoms with Crippen molar-refractivity contribution in [1.82, 2.24) is 4.90 Å². The summed E-state index contributed by atoms with van der Waals surface area (Å²) >= 11 is 0. The van der Waals surface area contributed by atoms with Crippen LogP contribution in [0.25, 0.3) is 5.53 Å². The van der Waals surface area contributed by atoms with Crippen molar-refractivity contribution in [2.24, 2.45) is 5.92 Å². The number of ketones is 1. The summed E-state index contributed by atoms with van der Waals surface area (Å²) in [4.78, 5) is 16.0. The van der Waals surface area contributed by atoms with E-state index in [1.54, 1.807) is 0 Å². The van der Waals surface area contributed by atoms with Gasteiger partial charge in [-0.15, -0.1) is 0 Å². The maximum absolute atomic E-state index is 13.6. The van der Waals surface area contributed by atoms with E-state index in [4.69, 9.17) is 5.53 Å². The van der Waals surface area contributed by atoms with Crippen LogP contribution in [-0.2, 0) is 29.9 Å². The fourth-order valence-electron chi connectivity index (χ4n) is 4.50. The second-order valence-corrected chi connectivity index (χ2v) is 8.78. The van der Waals surface area contributed by atoms with E-state index in [2.05, 4.69) is 4.79 Å². The molecular formula is C24H20F9N3O. The minimum atomic E-state index is -4.93. The number of hydrogen-bond acceptors (Lipinski definition) is 2. The summed E-state index contributed by atoms with van der Waals surface area (Å²) in [6, 6.07) is 4.31. The van der Waals surface area contributed by atoms with Crippen molar-refractivity contribution in [1.29, 1.82) is 0 Å². The monoisotopic (exact) mass is 537 g/mol. The SMILES string of the molecule is [N-]=[N+]=CC(=O)CC1CCN(Cc2cc(C(F)(F)F)ccc2C(F)(F)F)C(c2ccc(C(F)(F)F)cc2)C1. The normalized spacial score (nSPS) is 19.4. The standard InChI is InChI=1S/C24H20F9N3O/c25-22(26,27)17-3-1-15(2-4-17)21-10-14(9-19(37)12-35-34)7-8-36(21)13-16-11-18(23(28,29)30)5-6-20(16)24(31,32)33/h1-6,11-12,14,21H,7-10,13H2. The molecule has 4 nitrogen and oxygen atoms in total. The molecule has 0 N–H and O–H groups in total. The van der Waals surface area contributed by atoms with Crippen molar-refractivity contribution >= 4 is 12.0 Å². The molecule has 0 spiro atoms. The summed E-state index contributed by atoms with van der Waals surface area (Å²) in [5, 5.41) is 0. The number of hydrogen-bond donors (Lipinski definition) is 0. The van der Waals surface area contributed by atoms with Crippen LogP contribution >= 0.6 is 0 Å². The molecule has 0 radical (unpaired) electrons. The van der Waals surface area contributed by atoms with Crippen LogP contribution in [0, 0.1) is 5.92 Å². The van der Waals surface area contributed by atoms with Crippen LogP contribution in [0.1, 0.15) is 53.1 Å². The number of alkyl halides is 9. The van der Waals surface area contributed by atoms with Crippen LogP contribution in [0.15, 0.2) is 42.5 Å². The number of carbonyl (C=O) groups excluding carboxylic acids is 1. The van der Waals surface area contributed by atoms with Crippen molar-refractivity contribution < 1.29 is 49.1 Å². The molecule has 200 valence electrons. The number of carbonyl (C=O) groups is 1. The molecule has 2 unspecified atom stereocenters. The molecule has 0 saturated carbocycles. The quantitative estimate of drug-likeness (QED) is 0.173. The molecule has 0 aliphatic carbocycles. The highest BCUT2D eigenvalue weighted by atomic mass is 19.4. The maximum Gasteiger partial charge on any atom is 0.416 e. The van der Waals surface area contributed by atoms with E-state index in [1.165, 1.54) is 4.90 Å². The van der Waals surface area contributed by atoms with Crippen molar-refractivity contribution in [3.05, 3.63) is 75.8 Å². The second-order valence-electron chi connectivity index (χ2n) is 8.78. The van der Waals surface area contributed by atoms with E-state index in [0.29, 0.717) is 30.0 Å². The molecule has 0 bridgehead atoms. The summed E-state index contributed by atoms with van der Waals surface area (Å²) < 4.78 is 120. The van der Waals surface area contributed by atoms with E-state index >= 15 is 0 Å². The molecule has 37 heavy (non-hydrogen) atoms. The molecule has 1 aliphatic heterocycles.